The first kappa shape index (κ1) is 23.1. The maximum Gasteiger partial charge on any atom is 0.262 e. The number of rotatable bonds is 6. The third kappa shape index (κ3) is 5.12. The van der Waals surface area contributed by atoms with Crippen LogP contribution in [0, 0.1) is 5.82 Å². The van der Waals surface area contributed by atoms with Crippen LogP contribution in [0.2, 0.25) is 0 Å². The molecule has 3 aromatic carbocycles. The van der Waals surface area contributed by atoms with Crippen molar-refractivity contribution in [2.75, 3.05) is 29.8 Å². The van der Waals surface area contributed by atoms with E-state index < -0.39 is 10.0 Å². The van der Waals surface area contributed by atoms with Gasteiger partial charge in [0.15, 0.2) is 0 Å². The van der Waals surface area contributed by atoms with Crippen molar-refractivity contribution in [1.29, 1.82) is 0 Å². The molecule has 0 aliphatic carbocycles. The van der Waals surface area contributed by atoms with Crippen molar-refractivity contribution in [2.45, 2.75) is 30.8 Å². The van der Waals surface area contributed by atoms with Crippen LogP contribution in [0.1, 0.15) is 13.8 Å². The van der Waals surface area contributed by atoms with Crippen LogP contribution < -0.4 is 19.7 Å². The molecule has 0 unspecified atom stereocenters. The first-order valence-electron chi connectivity index (χ1n) is 10.8. The van der Waals surface area contributed by atoms with Gasteiger partial charge in [0.1, 0.15) is 11.6 Å². The molecule has 8 heteroatoms. The minimum Gasteiger partial charge on any atom is -0.495 e. The fourth-order valence-corrected chi connectivity index (χ4v) is 5.28. The van der Waals surface area contributed by atoms with Crippen molar-refractivity contribution >= 4 is 21.4 Å². The molecule has 4 rings (SSSR count). The summed E-state index contributed by atoms with van der Waals surface area (Å²) < 4.78 is 48.4. The van der Waals surface area contributed by atoms with Crippen LogP contribution in [0.25, 0.3) is 11.1 Å². The summed E-state index contributed by atoms with van der Waals surface area (Å²) in [5, 5.41) is 3.49. The number of piperazine rings is 1. The van der Waals surface area contributed by atoms with E-state index in [1.165, 1.54) is 25.3 Å². The summed E-state index contributed by atoms with van der Waals surface area (Å²) in [6.07, 6.45) is 0. The Morgan fingerprint density at radius 2 is 1.67 bits per heavy atom. The van der Waals surface area contributed by atoms with Crippen molar-refractivity contribution in [3.63, 3.8) is 0 Å². The highest BCUT2D eigenvalue weighted by Gasteiger charge is 2.23. The van der Waals surface area contributed by atoms with Crippen LogP contribution in [-0.4, -0.2) is 40.7 Å². The van der Waals surface area contributed by atoms with Gasteiger partial charge >= 0.3 is 0 Å². The first-order chi connectivity index (χ1) is 15.8. The lowest BCUT2D eigenvalue weighted by Gasteiger charge is -2.38. The largest absolute Gasteiger partial charge is 0.495 e. The second kappa shape index (κ2) is 9.41. The van der Waals surface area contributed by atoms with E-state index in [1.807, 2.05) is 6.07 Å². The number of hydrogen-bond donors (Lipinski definition) is 2. The van der Waals surface area contributed by atoms with Crippen LogP contribution in [0.5, 0.6) is 5.75 Å². The van der Waals surface area contributed by atoms with E-state index in [4.69, 9.17) is 4.74 Å². The lowest BCUT2D eigenvalue weighted by Crippen LogP contribution is -2.54. The molecule has 1 fully saturated rings. The topological polar surface area (TPSA) is 70.7 Å². The average molecular weight is 470 g/mol. The van der Waals surface area contributed by atoms with Crippen molar-refractivity contribution in [1.82, 2.24) is 5.32 Å². The molecule has 0 amide bonds. The maximum absolute atomic E-state index is 14.1. The molecule has 174 valence electrons. The summed E-state index contributed by atoms with van der Waals surface area (Å²) in [7, 11) is -2.37. The van der Waals surface area contributed by atoms with E-state index in [2.05, 4.69) is 28.8 Å². The Balaban J connectivity index is 1.60. The normalized spacial score (nSPS) is 18.7. The highest BCUT2D eigenvalue weighted by atomic mass is 32.2. The molecule has 1 aliphatic rings. The van der Waals surface area contributed by atoms with Gasteiger partial charge in [-0.2, -0.15) is 0 Å². The third-order valence-corrected chi connectivity index (χ3v) is 7.08. The molecule has 1 heterocycles. The quantitative estimate of drug-likeness (QED) is 0.557. The van der Waals surface area contributed by atoms with Crippen molar-refractivity contribution in [3.05, 3.63) is 72.5 Å². The number of nitrogens with zero attached hydrogens (tertiary/aromatic N) is 1. The minimum absolute atomic E-state index is 0.0828. The molecule has 0 spiro atoms. The zero-order valence-corrected chi connectivity index (χ0v) is 19.7. The maximum atomic E-state index is 14.1. The summed E-state index contributed by atoms with van der Waals surface area (Å²) in [6, 6.07) is 18.7. The van der Waals surface area contributed by atoms with E-state index in [0.717, 1.165) is 18.8 Å². The smallest absolute Gasteiger partial charge is 0.262 e. The van der Waals surface area contributed by atoms with E-state index in [9.17, 15) is 12.8 Å². The van der Waals surface area contributed by atoms with Gasteiger partial charge in [-0.25, -0.2) is 12.8 Å². The number of ether oxygens (including phenoxy) is 1. The number of nitrogens with one attached hydrogen (secondary N) is 2. The van der Waals surface area contributed by atoms with Gasteiger partial charge in [-0.3, -0.25) is 4.72 Å². The number of halogens is 1. The van der Waals surface area contributed by atoms with Crippen LogP contribution in [0.15, 0.2) is 71.6 Å². The molecule has 6 nitrogen and oxygen atoms in total. The van der Waals surface area contributed by atoms with Crippen LogP contribution in [-0.2, 0) is 10.0 Å². The second-order valence-electron chi connectivity index (χ2n) is 8.37. The molecule has 2 N–H and O–H groups in total. The number of hydrogen-bond acceptors (Lipinski definition) is 5. The summed E-state index contributed by atoms with van der Waals surface area (Å²) in [5.74, 6) is 0.0749. The zero-order valence-electron chi connectivity index (χ0n) is 18.9. The van der Waals surface area contributed by atoms with Crippen molar-refractivity contribution in [2.24, 2.45) is 0 Å². The van der Waals surface area contributed by atoms with Gasteiger partial charge in [-0.15, -0.1) is 0 Å². The molecule has 0 saturated carbocycles. The molecular formula is C25H28FN3O3S. The zero-order chi connectivity index (χ0) is 23.6. The molecular weight excluding hydrogens is 441 g/mol. The SMILES string of the molecule is COc1ccc(N2C[C@@H](C)N[C@@H](C)C2)cc1NS(=O)(=O)c1ccc(-c2ccccc2F)cc1. The Hall–Kier alpha value is -3.10. The van der Waals surface area contributed by atoms with E-state index in [0.29, 0.717) is 34.6 Å². The number of methoxy groups -OCH3 is 1. The molecule has 3 aromatic rings. The Morgan fingerprint density at radius 1 is 1.00 bits per heavy atom. The Bertz CT molecular complexity index is 1220. The standard InChI is InChI=1S/C25H28FN3O3S/c1-17-15-29(16-18(2)27-17)20-10-13-25(32-3)24(14-20)28-33(30,31)21-11-8-19(9-12-21)22-6-4-5-7-23(22)26/h4-14,17-18,27-28H,15-16H2,1-3H3/t17-,18+. The van der Waals surface area contributed by atoms with Gasteiger partial charge in [0.2, 0.25) is 0 Å². The molecule has 1 aliphatic heterocycles. The Morgan fingerprint density at radius 3 is 2.30 bits per heavy atom. The Kier molecular flexibility index (Phi) is 6.58. The van der Waals surface area contributed by atoms with E-state index in [1.54, 1.807) is 42.5 Å². The Labute approximate surface area is 194 Å². The van der Waals surface area contributed by atoms with Gasteiger partial charge in [0, 0.05) is 36.4 Å². The van der Waals surface area contributed by atoms with Gasteiger partial charge in [0.05, 0.1) is 17.7 Å². The van der Waals surface area contributed by atoms with E-state index in [-0.39, 0.29) is 10.7 Å². The van der Waals surface area contributed by atoms with Crippen LogP contribution in [0.4, 0.5) is 15.8 Å². The second-order valence-corrected chi connectivity index (χ2v) is 10.1. The fraction of sp³-hybridized carbons (Fsp3) is 0.280. The molecule has 0 bridgehead atoms. The van der Waals surface area contributed by atoms with Gasteiger partial charge in [-0.05, 0) is 55.8 Å². The van der Waals surface area contributed by atoms with Gasteiger partial charge in [0.25, 0.3) is 10.0 Å². The average Bonchev–Trinajstić information content (AvgIpc) is 2.78. The molecule has 2 atom stereocenters. The predicted molar refractivity (Wildman–Crippen MR) is 130 cm³/mol. The lowest BCUT2D eigenvalue weighted by atomic mass is 10.1. The monoisotopic (exact) mass is 469 g/mol. The summed E-state index contributed by atoms with van der Waals surface area (Å²) in [4.78, 5) is 2.31. The van der Waals surface area contributed by atoms with Gasteiger partial charge in [-0.1, -0.05) is 30.3 Å². The fourth-order valence-electron chi connectivity index (χ4n) is 4.22. The van der Waals surface area contributed by atoms with E-state index >= 15 is 0 Å². The molecule has 0 radical (unpaired) electrons. The third-order valence-electron chi connectivity index (χ3n) is 5.70. The summed E-state index contributed by atoms with van der Waals surface area (Å²) in [6.45, 7) is 5.89. The number of sulfonamides is 1. The minimum atomic E-state index is -3.88. The summed E-state index contributed by atoms with van der Waals surface area (Å²) >= 11 is 0. The van der Waals surface area contributed by atoms with Crippen LogP contribution >= 0.6 is 0 Å². The number of anilines is 2. The number of benzene rings is 3. The molecule has 0 aromatic heterocycles. The van der Waals surface area contributed by atoms with Crippen molar-refractivity contribution < 1.29 is 17.5 Å². The van der Waals surface area contributed by atoms with Gasteiger partial charge < -0.3 is 15.0 Å². The van der Waals surface area contributed by atoms with Crippen molar-refractivity contribution in [3.8, 4) is 16.9 Å². The highest BCUT2D eigenvalue weighted by molar-refractivity contribution is 7.92. The highest BCUT2D eigenvalue weighted by Crippen LogP contribution is 2.33. The predicted octanol–water partition coefficient (Wildman–Crippen LogP) is 4.49. The molecule has 1 saturated heterocycles. The molecule has 33 heavy (non-hydrogen) atoms. The van der Waals surface area contributed by atoms with Crippen LogP contribution in [0.3, 0.4) is 0 Å². The summed E-state index contributed by atoms with van der Waals surface area (Å²) in [5.41, 5.74) is 2.31. The lowest BCUT2D eigenvalue weighted by molar-refractivity contribution is 0.406. The first-order valence-corrected chi connectivity index (χ1v) is 12.3.